The van der Waals surface area contributed by atoms with Crippen LogP contribution in [0.25, 0.3) is 152 Å². The van der Waals surface area contributed by atoms with E-state index in [1.165, 1.54) is 174 Å². The molecule has 0 heterocycles. The summed E-state index contributed by atoms with van der Waals surface area (Å²) in [5.41, 5.74) is 16.2. The van der Waals surface area contributed by atoms with Crippen LogP contribution < -0.4 is 0 Å². The summed E-state index contributed by atoms with van der Waals surface area (Å²) in [6, 6.07) is 61.9. The molecule has 0 amide bonds. The highest BCUT2D eigenvalue weighted by molar-refractivity contribution is 6.49. The second-order valence-electron chi connectivity index (χ2n) is 22.4. The Balaban J connectivity index is 1.20. The minimum atomic E-state index is 0.0362. The summed E-state index contributed by atoms with van der Waals surface area (Å²) >= 11 is 0. The standard InChI is InChI=1S/C68H50/c1-35-33-52-46-28-29-49-61-50(31-30-48(60(46)61)56-36(2)32-51-43-16-11-12-17-44(43)55(35)65(51)66(52)56)64-58(38-22-26-40(27-23-38)68(6,7)8)62-47-19-13-18-45-41-14-9-10-15-42(41)53(59(45)47)34-54(62)57(63(49)64)37-20-24-39(25-21-37)67(3,4)5/h9-34H,1-8H3. The maximum atomic E-state index is 2.58. The van der Waals surface area contributed by atoms with E-state index in [1.54, 1.807) is 0 Å². The van der Waals surface area contributed by atoms with Crippen molar-refractivity contribution < 1.29 is 0 Å². The Labute approximate surface area is 396 Å². The fourth-order valence-corrected chi connectivity index (χ4v) is 13.6. The maximum absolute atomic E-state index is 2.58. The molecule has 1 aliphatic rings. The van der Waals surface area contributed by atoms with E-state index < -0.39 is 0 Å². The molecule has 322 valence electrons. The highest BCUT2D eigenvalue weighted by Gasteiger charge is 2.31. The van der Waals surface area contributed by atoms with Crippen molar-refractivity contribution in [3.63, 3.8) is 0 Å². The van der Waals surface area contributed by atoms with Crippen molar-refractivity contribution in [3.05, 3.63) is 180 Å². The molecule has 0 saturated carbocycles. The van der Waals surface area contributed by atoms with Gasteiger partial charge in [0.1, 0.15) is 0 Å². The molecule has 68 heavy (non-hydrogen) atoms. The topological polar surface area (TPSA) is 0 Å². The fourth-order valence-electron chi connectivity index (χ4n) is 13.6. The molecule has 1 aliphatic carbocycles. The Bertz CT molecular complexity index is 4520. The van der Waals surface area contributed by atoms with Crippen LogP contribution in [0.2, 0.25) is 0 Å². The molecule has 14 aromatic carbocycles. The van der Waals surface area contributed by atoms with E-state index in [2.05, 4.69) is 213 Å². The molecular weight excluding hydrogens is 817 g/mol. The predicted molar refractivity (Wildman–Crippen MR) is 297 cm³/mol. The van der Waals surface area contributed by atoms with E-state index in [0.29, 0.717) is 0 Å². The van der Waals surface area contributed by atoms with Gasteiger partial charge in [0.15, 0.2) is 0 Å². The zero-order valence-electron chi connectivity index (χ0n) is 40.0. The largest absolute Gasteiger partial charge is 0.0616 e. The van der Waals surface area contributed by atoms with E-state index in [9.17, 15) is 0 Å². The van der Waals surface area contributed by atoms with Gasteiger partial charge in [-0.2, -0.15) is 0 Å². The Morgan fingerprint density at radius 2 is 0.735 bits per heavy atom. The quantitative estimate of drug-likeness (QED) is 0.120. The predicted octanol–water partition coefficient (Wildman–Crippen LogP) is 19.7. The van der Waals surface area contributed by atoms with Gasteiger partial charge in [-0.05, 0) is 205 Å². The molecule has 0 unspecified atom stereocenters. The van der Waals surface area contributed by atoms with Crippen LogP contribution in [0.3, 0.4) is 0 Å². The molecule has 0 bridgehead atoms. The molecule has 0 radical (unpaired) electrons. The van der Waals surface area contributed by atoms with Crippen LogP contribution in [0.4, 0.5) is 0 Å². The minimum Gasteiger partial charge on any atom is -0.0616 e. The third kappa shape index (κ3) is 4.71. The third-order valence-corrected chi connectivity index (χ3v) is 16.6. The molecule has 0 atom stereocenters. The summed E-state index contributed by atoms with van der Waals surface area (Å²) in [6.45, 7) is 18.6. The van der Waals surface area contributed by atoms with Gasteiger partial charge < -0.3 is 0 Å². The first-order chi connectivity index (χ1) is 32.9. The summed E-state index contributed by atoms with van der Waals surface area (Å²) in [7, 11) is 0. The Morgan fingerprint density at radius 1 is 0.250 bits per heavy atom. The van der Waals surface area contributed by atoms with Crippen molar-refractivity contribution >= 4 is 108 Å². The average Bonchev–Trinajstić information content (AvgIpc) is 3.97. The second-order valence-corrected chi connectivity index (χ2v) is 22.4. The number of benzene rings is 12. The SMILES string of the molecule is Cc1cc2c3ccc4c5c(-c6ccc(C(C)(C)C)cc6)c6cc7c8ccccc8c8cccc(c6c(-c6ccc(C(C)(C)C)cc6)c5c5ccc(c6c(C)cc9c(c1-c1ccccc1-9)c26)c3c45)c87. The Kier molecular flexibility index (Phi) is 7.20. The van der Waals surface area contributed by atoms with E-state index in [1.807, 2.05) is 0 Å². The molecule has 15 rings (SSSR count). The van der Waals surface area contributed by atoms with Crippen LogP contribution >= 0.6 is 0 Å². The zero-order chi connectivity index (χ0) is 45.9. The zero-order valence-corrected chi connectivity index (χ0v) is 40.0. The molecule has 0 heteroatoms. The number of hydrogen-bond acceptors (Lipinski definition) is 0. The van der Waals surface area contributed by atoms with Gasteiger partial charge in [-0.15, -0.1) is 0 Å². The van der Waals surface area contributed by atoms with Crippen molar-refractivity contribution in [1.82, 2.24) is 0 Å². The molecule has 0 saturated heterocycles. The van der Waals surface area contributed by atoms with Crippen LogP contribution in [-0.4, -0.2) is 0 Å². The lowest BCUT2D eigenvalue weighted by Gasteiger charge is -2.22. The van der Waals surface area contributed by atoms with Gasteiger partial charge in [-0.3, -0.25) is 0 Å². The summed E-state index contributed by atoms with van der Waals surface area (Å²) in [6.07, 6.45) is 0. The van der Waals surface area contributed by atoms with Gasteiger partial charge >= 0.3 is 0 Å². The molecule has 0 fully saturated rings. The van der Waals surface area contributed by atoms with Crippen LogP contribution in [0.15, 0.2) is 158 Å². The van der Waals surface area contributed by atoms with Crippen molar-refractivity contribution in [2.45, 2.75) is 66.2 Å². The maximum Gasteiger partial charge on any atom is -0.000718 e. The third-order valence-electron chi connectivity index (χ3n) is 16.6. The van der Waals surface area contributed by atoms with Crippen LogP contribution in [-0.2, 0) is 10.8 Å². The fraction of sp³-hybridized carbons (Fsp3) is 0.147. The summed E-state index contributed by atoms with van der Waals surface area (Å²) in [5.74, 6) is 0. The van der Waals surface area contributed by atoms with Gasteiger partial charge in [-0.1, -0.05) is 193 Å². The van der Waals surface area contributed by atoms with Crippen LogP contribution in [0.1, 0.15) is 63.8 Å². The van der Waals surface area contributed by atoms with Crippen molar-refractivity contribution in [1.29, 1.82) is 0 Å². The first-order valence-corrected chi connectivity index (χ1v) is 24.6. The van der Waals surface area contributed by atoms with Gasteiger partial charge in [-0.25, -0.2) is 0 Å². The highest BCUT2D eigenvalue weighted by Crippen LogP contribution is 2.59. The molecule has 0 spiro atoms. The lowest BCUT2D eigenvalue weighted by Crippen LogP contribution is -2.10. The summed E-state index contributed by atoms with van der Waals surface area (Å²) < 4.78 is 0. The van der Waals surface area contributed by atoms with Crippen molar-refractivity contribution in [2.75, 3.05) is 0 Å². The molecule has 0 nitrogen and oxygen atoms in total. The number of aryl methyl sites for hydroxylation is 2. The van der Waals surface area contributed by atoms with Gasteiger partial charge in [0.25, 0.3) is 0 Å². The number of fused-ring (bicyclic) bond motifs is 13. The van der Waals surface area contributed by atoms with Crippen LogP contribution in [0, 0.1) is 13.8 Å². The summed E-state index contributed by atoms with van der Waals surface area (Å²) in [4.78, 5) is 0. The smallest absolute Gasteiger partial charge is 0.000718 e. The Morgan fingerprint density at radius 3 is 1.40 bits per heavy atom. The molecular formula is C68H50. The molecule has 0 aliphatic heterocycles. The lowest BCUT2D eigenvalue weighted by molar-refractivity contribution is 0.590. The first-order valence-electron chi connectivity index (χ1n) is 24.6. The first kappa shape index (κ1) is 38.6. The number of rotatable bonds is 2. The molecule has 0 aromatic heterocycles. The summed E-state index contributed by atoms with van der Waals surface area (Å²) in [5, 5.41) is 27.1. The second kappa shape index (κ2) is 12.7. The van der Waals surface area contributed by atoms with Gasteiger partial charge in [0.2, 0.25) is 0 Å². The lowest BCUT2D eigenvalue weighted by atomic mass is 9.81. The van der Waals surface area contributed by atoms with Crippen LogP contribution in [0.5, 0.6) is 0 Å². The van der Waals surface area contributed by atoms with Gasteiger partial charge in [0, 0.05) is 0 Å². The van der Waals surface area contributed by atoms with E-state index in [-0.39, 0.29) is 10.8 Å². The Hall–Kier alpha value is -7.54. The van der Waals surface area contributed by atoms with E-state index >= 15 is 0 Å². The molecule has 0 N–H and O–H groups in total. The average molecular weight is 867 g/mol. The van der Waals surface area contributed by atoms with E-state index in [4.69, 9.17) is 0 Å². The number of hydrogen-bond donors (Lipinski definition) is 0. The monoisotopic (exact) mass is 866 g/mol. The normalized spacial score (nSPS) is 13.3. The highest BCUT2D eigenvalue weighted by atomic mass is 14.3. The molecule has 14 aromatic rings. The minimum absolute atomic E-state index is 0.0362. The van der Waals surface area contributed by atoms with Crippen molar-refractivity contribution in [2.24, 2.45) is 0 Å². The van der Waals surface area contributed by atoms with Crippen molar-refractivity contribution in [3.8, 4) is 44.5 Å². The van der Waals surface area contributed by atoms with Gasteiger partial charge in [0.05, 0.1) is 0 Å². The van der Waals surface area contributed by atoms with E-state index in [0.717, 1.165) is 0 Å².